The van der Waals surface area contributed by atoms with Crippen LogP contribution in [0.25, 0.3) is 6.08 Å². The van der Waals surface area contributed by atoms with Gasteiger partial charge in [0.2, 0.25) is 0 Å². The van der Waals surface area contributed by atoms with Gasteiger partial charge in [-0.25, -0.2) is 4.39 Å². The highest BCUT2D eigenvalue weighted by molar-refractivity contribution is 8.18. The number of rotatable bonds is 6. The van der Waals surface area contributed by atoms with E-state index < -0.39 is 24.1 Å². The zero-order valence-electron chi connectivity index (χ0n) is 17.6. The Morgan fingerprint density at radius 2 is 1.62 bits per heavy atom. The van der Waals surface area contributed by atoms with Crippen LogP contribution in [0.15, 0.2) is 77.7 Å². The monoisotopic (exact) mass is 476 g/mol. The van der Waals surface area contributed by atoms with Crippen LogP contribution >= 0.6 is 11.8 Å². The molecule has 1 heterocycles. The molecule has 10 heteroatoms. The van der Waals surface area contributed by atoms with Crippen LogP contribution in [0.1, 0.15) is 21.5 Å². The van der Waals surface area contributed by atoms with Crippen molar-refractivity contribution in [2.24, 2.45) is 0 Å². The highest BCUT2D eigenvalue weighted by Gasteiger charge is 2.34. The molecule has 3 N–H and O–H groups in total. The molecule has 0 bridgehead atoms. The van der Waals surface area contributed by atoms with Crippen molar-refractivity contribution in [1.29, 1.82) is 0 Å². The van der Waals surface area contributed by atoms with E-state index in [1.165, 1.54) is 48.5 Å². The number of benzene rings is 3. The van der Waals surface area contributed by atoms with E-state index in [1.54, 1.807) is 30.3 Å². The van der Waals surface area contributed by atoms with E-state index in [2.05, 4.69) is 5.32 Å². The van der Waals surface area contributed by atoms with Crippen LogP contribution in [0.2, 0.25) is 0 Å². The zero-order valence-corrected chi connectivity index (χ0v) is 18.5. The van der Waals surface area contributed by atoms with Crippen LogP contribution in [0.3, 0.4) is 0 Å². The molecule has 0 saturated carbocycles. The molecule has 1 fully saturated rings. The first-order chi connectivity index (χ1) is 16.3. The second kappa shape index (κ2) is 10.0. The Bertz CT molecular complexity index is 1260. The number of nitrogens with zero attached hydrogens (tertiary/aromatic N) is 1. The summed E-state index contributed by atoms with van der Waals surface area (Å²) in [6.45, 7) is 0.0610. The van der Waals surface area contributed by atoms with Crippen molar-refractivity contribution in [3.8, 4) is 0 Å². The molecule has 3 amide bonds. The molecule has 34 heavy (non-hydrogen) atoms. The first-order valence-electron chi connectivity index (χ1n) is 10.2. The Hall–Kier alpha value is -3.73. The normalized spacial score (nSPS) is 14.6. The van der Waals surface area contributed by atoms with Crippen LogP contribution in [-0.4, -0.2) is 39.1 Å². The van der Waals surface area contributed by atoms with Crippen molar-refractivity contribution in [2.45, 2.75) is 6.54 Å². The smallest absolute Gasteiger partial charge is 0.423 e. The van der Waals surface area contributed by atoms with Gasteiger partial charge in [-0.2, -0.15) is 0 Å². The lowest BCUT2D eigenvalue weighted by atomic mass is 9.80. The summed E-state index contributed by atoms with van der Waals surface area (Å²) < 4.78 is 13.1. The van der Waals surface area contributed by atoms with Gasteiger partial charge in [0.1, 0.15) is 5.82 Å². The lowest BCUT2D eigenvalue weighted by Crippen LogP contribution is -2.29. The highest BCUT2D eigenvalue weighted by Crippen LogP contribution is 2.33. The average Bonchev–Trinajstić information content (AvgIpc) is 3.09. The van der Waals surface area contributed by atoms with Gasteiger partial charge in [-0.05, 0) is 70.8 Å². The molecule has 0 aromatic heterocycles. The summed E-state index contributed by atoms with van der Waals surface area (Å²) in [5, 5.41) is 20.6. The van der Waals surface area contributed by atoms with E-state index in [0.717, 1.165) is 16.7 Å². The number of imide groups is 1. The molecule has 1 aliphatic rings. The van der Waals surface area contributed by atoms with Crippen LogP contribution < -0.4 is 10.8 Å². The average molecular weight is 476 g/mol. The number of hydrogen-bond donors (Lipinski definition) is 3. The lowest BCUT2D eigenvalue weighted by molar-refractivity contribution is -0.123. The number of halogens is 1. The van der Waals surface area contributed by atoms with E-state index in [1.807, 2.05) is 0 Å². The summed E-state index contributed by atoms with van der Waals surface area (Å²) in [6.07, 6.45) is 1.60. The first kappa shape index (κ1) is 23.4. The topological polar surface area (TPSA) is 107 Å². The number of carbonyl (C=O) groups is 3. The van der Waals surface area contributed by atoms with Gasteiger partial charge < -0.3 is 15.4 Å². The Balaban J connectivity index is 1.41. The minimum atomic E-state index is -1.60. The van der Waals surface area contributed by atoms with Gasteiger partial charge in [-0.1, -0.05) is 36.4 Å². The third-order valence-electron chi connectivity index (χ3n) is 5.06. The maximum absolute atomic E-state index is 13.1. The van der Waals surface area contributed by atoms with Gasteiger partial charge in [-0.3, -0.25) is 19.3 Å². The maximum atomic E-state index is 13.1. The third kappa shape index (κ3) is 5.42. The minimum Gasteiger partial charge on any atom is -0.423 e. The lowest BCUT2D eigenvalue weighted by Gasteiger charge is -2.12. The van der Waals surface area contributed by atoms with Gasteiger partial charge >= 0.3 is 7.12 Å². The second-order valence-electron chi connectivity index (χ2n) is 7.47. The number of amides is 3. The molecule has 0 radical (unpaired) electrons. The van der Waals surface area contributed by atoms with Gasteiger partial charge in [0.15, 0.2) is 0 Å². The Morgan fingerprint density at radius 1 is 0.971 bits per heavy atom. The molecule has 7 nitrogen and oxygen atoms in total. The molecule has 0 atom stereocenters. The van der Waals surface area contributed by atoms with E-state index in [4.69, 9.17) is 10.0 Å². The molecular formula is C24H18BFN2O5S. The van der Waals surface area contributed by atoms with Crippen molar-refractivity contribution in [3.05, 3.63) is 100 Å². The summed E-state index contributed by atoms with van der Waals surface area (Å²) in [5.74, 6) is -1.18. The predicted octanol–water partition coefficient (Wildman–Crippen LogP) is 2.99. The SMILES string of the molecule is O=C(Nc1ccc(/C=C2\SC(=O)N(Cc3ccc(F)cc3)C2=O)cc1)c1ccc(B(O)O)cc1. The van der Waals surface area contributed by atoms with Crippen LogP contribution in [0, 0.1) is 5.82 Å². The summed E-state index contributed by atoms with van der Waals surface area (Å²) in [4.78, 5) is 38.8. The fraction of sp³-hybridized carbons (Fsp3) is 0.0417. The maximum Gasteiger partial charge on any atom is 0.488 e. The van der Waals surface area contributed by atoms with Crippen molar-refractivity contribution in [1.82, 2.24) is 4.90 Å². The summed E-state index contributed by atoms with van der Waals surface area (Å²) in [7, 11) is -1.60. The van der Waals surface area contributed by atoms with Gasteiger partial charge in [0.25, 0.3) is 17.1 Å². The molecule has 1 saturated heterocycles. The Labute approximate surface area is 199 Å². The quantitative estimate of drug-likeness (QED) is 0.373. The molecule has 170 valence electrons. The molecule has 0 unspecified atom stereocenters. The predicted molar refractivity (Wildman–Crippen MR) is 129 cm³/mol. The van der Waals surface area contributed by atoms with Crippen LogP contribution in [0.4, 0.5) is 14.9 Å². The first-order valence-corrected chi connectivity index (χ1v) is 11.0. The van der Waals surface area contributed by atoms with Crippen molar-refractivity contribution < 1.29 is 28.8 Å². The summed E-state index contributed by atoms with van der Waals surface area (Å²) in [5.41, 5.74) is 2.47. The second-order valence-corrected chi connectivity index (χ2v) is 8.46. The molecule has 1 aliphatic heterocycles. The Morgan fingerprint density at radius 3 is 2.24 bits per heavy atom. The minimum absolute atomic E-state index is 0.0610. The largest absolute Gasteiger partial charge is 0.488 e. The third-order valence-corrected chi connectivity index (χ3v) is 5.97. The fourth-order valence-electron chi connectivity index (χ4n) is 3.23. The van der Waals surface area contributed by atoms with Crippen LogP contribution in [0.5, 0.6) is 0 Å². The number of anilines is 1. The van der Waals surface area contributed by atoms with E-state index >= 15 is 0 Å². The zero-order chi connectivity index (χ0) is 24.2. The molecule has 0 aliphatic carbocycles. The van der Waals surface area contributed by atoms with Gasteiger partial charge in [-0.15, -0.1) is 0 Å². The number of thioether (sulfide) groups is 1. The summed E-state index contributed by atoms with van der Waals surface area (Å²) in [6, 6.07) is 18.2. The summed E-state index contributed by atoms with van der Waals surface area (Å²) >= 11 is 0.833. The van der Waals surface area contributed by atoms with Gasteiger partial charge in [0, 0.05) is 11.3 Å². The van der Waals surface area contributed by atoms with Crippen molar-refractivity contribution in [3.63, 3.8) is 0 Å². The van der Waals surface area contributed by atoms with Gasteiger partial charge in [0.05, 0.1) is 11.4 Å². The van der Waals surface area contributed by atoms with E-state index in [0.29, 0.717) is 22.4 Å². The number of hydrogen-bond acceptors (Lipinski definition) is 6. The Kier molecular flexibility index (Phi) is 6.92. The molecule has 3 aromatic carbocycles. The van der Waals surface area contributed by atoms with Crippen LogP contribution in [-0.2, 0) is 11.3 Å². The van der Waals surface area contributed by atoms with Crippen molar-refractivity contribution >= 4 is 53.2 Å². The van der Waals surface area contributed by atoms with E-state index in [-0.39, 0.29) is 22.8 Å². The highest BCUT2D eigenvalue weighted by atomic mass is 32.2. The standard InChI is InChI=1S/C24H18BFN2O5S/c26-19-9-1-16(2-10-19)14-28-23(30)21(34-24(28)31)13-15-3-11-20(12-4-15)27-22(29)17-5-7-18(8-6-17)25(32)33/h1-13,32-33H,14H2,(H,27,29)/b21-13-. The molecular weight excluding hydrogens is 458 g/mol. The van der Waals surface area contributed by atoms with Crippen molar-refractivity contribution in [2.75, 3.05) is 5.32 Å². The number of carbonyl (C=O) groups excluding carboxylic acids is 3. The molecule has 4 rings (SSSR count). The number of nitrogens with one attached hydrogen (secondary N) is 1. The molecule has 3 aromatic rings. The van der Waals surface area contributed by atoms with E-state index in [9.17, 15) is 18.8 Å². The molecule has 0 spiro atoms. The fourth-order valence-corrected chi connectivity index (χ4v) is 4.07.